The Hall–Kier alpha value is -3.27. The maximum absolute atomic E-state index is 4.35. The number of nitrogens with zero attached hydrogens (tertiary/aromatic N) is 3. The van der Waals surface area contributed by atoms with Crippen LogP contribution in [0.2, 0.25) is 0 Å². The minimum absolute atomic E-state index is 0.950. The van der Waals surface area contributed by atoms with Crippen molar-refractivity contribution in [3.05, 3.63) is 79.4 Å². The fourth-order valence-corrected chi connectivity index (χ4v) is 2.55. The van der Waals surface area contributed by atoms with Gasteiger partial charge >= 0.3 is 0 Å². The van der Waals surface area contributed by atoms with Gasteiger partial charge in [-0.25, -0.2) is 4.98 Å². The molecule has 0 spiro atoms. The first-order valence-electron chi connectivity index (χ1n) is 7.38. The van der Waals surface area contributed by atoms with Crippen LogP contribution in [0.4, 0.5) is 0 Å². The minimum atomic E-state index is 0.950. The highest BCUT2D eigenvalue weighted by molar-refractivity contribution is 6.02. The molecule has 3 aromatic heterocycles. The minimum Gasteiger partial charge on any atom is -0.345 e. The summed E-state index contributed by atoms with van der Waals surface area (Å²) in [6.45, 7) is 0. The highest BCUT2D eigenvalue weighted by Gasteiger charge is 1.99. The average molecular weight is 298 g/mol. The van der Waals surface area contributed by atoms with Crippen LogP contribution in [0.1, 0.15) is 0 Å². The number of pyridine rings is 2. The largest absolute Gasteiger partial charge is 0.345 e. The van der Waals surface area contributed by atoms with Gasteiger partial charge in [0.15, 0.2) is 0 Å². The fourth-order valence-electron chi connectivity index (χ4n) is 2.55. The molecule has 5 aromatic rings. The van der Waals surface area contributed by atoms with Gasteiger partial charge in [0.2, 0.25) is 0 Å². The number of imidazole rings is 1. The molecule has 2 aromatic carbocycles. The van der Waals surface area contributed by atoms with E-state index in [1.165, 1.54) is 0 Å². The molecule has 23 heavy (non-hydrogen) atoms. The van der Waals surface area contributed by atoms with Gasteiger partial charge in [0.25, 0.3) is 0 Å². The third-order valence-electron chi connectivity index (χ3n) is 3.67. The standard InChI is InChI=1S/C12H8N2.C7H6N2/c1-2-5-10-9(4-1)8-14-11-6-3-7-13-12(10)11;1-2-4-7-6(3-1)8-5-9-7/h1-8H;1-5H,(H,8,9). The van der Waals surface area contributed by atoms with Gasteiger partial charge < -0.3 is 4.98 Å². The summed E-state index contributed by atoms with van der Waals surface area (Å²) in [4.78, 5) is 15.8. The first-order chi connectivity index (χ1) is 11.4. The van der Waals surface area contributed by atoms with Crippen LogP contribution in [0.3, 0.4) is 0 Å². The van der Waals surface area contributed by atoms with Crippen molar-refractivity contribution in [2.75, 3.05) is 0 Å². The van der Waals surface area contributed by atoms with E-state index in [4.69, 9.17) is 0 Å². The van der Waals surface area contributed by atoms with Gasteiger partial charge in [-0.3, -0.25) is 9.97 Å². The Morgan fingerprint density at radius 1 is 0.696 bits per heavy atom. The molecule has 3 heterocycles. The van der Waals surface area contributed by atoms with Gasteiger partial charge in [0.05, 0.1) is 28.4 Å². The smallest absolute Gasteiger partial charge is 0.0964 e. The monoisotopic (exact) mass is 298 g/mol. The van der Waals surface area contributed by atoms with Gasteiger partial charge in [-0.05, 0) is 24.3 Å². The number of rotatable bonds is 0. The molecule has 0 saturated carbocycles. The third kappa shape index (κ3) is 2.62. The molecule has 4 heteroatoms. The second-order valence-electron chi connectivity index (χ2n) is 5.14. The first kappa shape index (κ1) is 13.4. The highest BCUT2D eigenvalue weighted by atomic mass is 14.9. The number of aromatic amines is 1. The SMILES string of the molecule is c1ccc2[nH]cnc2c1.c1ccc2c(c1)cnc1cccnc12. The lowest BCUT2D eigenvalue weighted by atomic mass is 10.1. The summed E-state index contributed by atoms with van der Waals surface area (Å²) in [6, 6.07) is 20.0. The van der Waals surface area contributed by atoms with Gasteiger partial charge in [-0.15, -0.1) is 0 Å². The van der Waals surface area contributed by atoms with Crippen molar-refractivity contribution in [1.29, 1.82) is 0 Å². The zero-order chi connectivity index (χ0) is 15.5. The topological polar surface area (TPSA) is 54.5 Å². The Bertz CT molecular complexity index is 997. The number of benzene rings is 2. The molecule has 0 saturated heterocycles. The van der Waals surface area contributed by atoms with Crippen LogP contribution in [-0.2, 0) is 0 Å². The molecular weight excluding hydrogens is 284 g/mol. The number of hydrogen-bond donors (Lipinski definition) is 1. The Morgan fingerprint density at radius 2 is 1.52 bits per heavy atom. The lowest BCUT2D eigenvalue weighted by Crippen LogP contribution is -1.83. The number of para-hydroxylation sites is 2. The fraction of sp³-hybridized carbons (Fsp3) is 0. The first-order valence-corrected chi connectivity index (χ1v) is 7.38. The summed E-state index contributed by atoms with van der Waals surface area (Å²) in [5.74, 6) is 0. The molecule has 5 rings (SSSR count). The Morgan fingerprint density at radius 3 is 2.48 bits per heavy atom. The second-order valence-corrected chi connectivity index (χ2v) is 5.14. The third-order valence-corrected chi connectivity index (χ3v) is 3.67. The number of aromatic nitrogens is 4. The van der Waals surface area contributed by atoms with Gasteiger partial charge in [-0.1, -0.05) is 36.4 Å². The molecule has 0 aliphatic rings. The van der Waals surface area contributed by atoms with Crippen molar-refractivity contribution in [3.8, 4) is 0 Å². The normalized spacial score (nSPS) is 10.6. The van der Waals surface area contributed by atoms with Crippen LogP contribution in [0.15, 0.2) is 79.4 Å². The number of H-pyrrole nitrogens is 1. The molecule has 0 amide bonds. The van der Waals surface area contributed by atoms with E-state index in [1.54, 1.807) is 12.5 Å². The lowest BCUT2D eigenvalue weighted by molar-refractivity contribution is 1.34. The van der Waals surface area contributed by atoms with E-state index < -0.39 is 0 Å². The zero-order valence-corrected chi connectivity index (χ0v) is 12.3. The van der Waals surface area contributed by atoms with Crippen molar-refractivity contribution in [2.24, 2.45) is 0 Å². The average Bonchev–Trinajstić information content (AvgIpc) is 3.11. The summed E-state index contributed by atoms with van der Waals surface area (Å²) >= 11 is 0. The van der Waals surface area contributed by atoms with Crippen molar-refractivity contribution in [2.45, 2.75) is 0 Å². The molecule has 0 bridgehead atoms. The van der Waals surface area contributed by atoms with E-state index >= 15 is 0 Å². The molecule has 1 N–H and O–H groups in total. The zero-order valence-electron chi connectivity index (χ0n) is 12.3. The lowest BCUT2D eigenvalue weighted by Gasteiger charge is -2.00. The summed E-state index contributed by atoms with van der Waals surface area (Å²) in [5.41, 5.74) is 4.05. The Kier molecular flexibility index (Phi) is 3.41. The molecule has 0 aliphatic heterocycles. The van der Waals surface area contributed by atoms with E-state index in [0.717, 1.165) is 32.8 Å². The molecule has 0 aliphatic carbocycles. The van der Waals surface area contributed by atoms with E-state index in [2.05, 4.69) is 32.1 Å². The summed E-state index contributed by atoms with van der Waals surface area (Å²) < 4.78 is 0. The number of nitrogens with one attached hydrogen (secondary N) is 1. The van der Waals surface area contributed by atoms with Gasteiger partial charge in [0.1, 0.15) is 0 Å². The van der Waals surface area contributed by atoms with Crippen molar-refractivity contribution in [1.82, 2.24) is 19.9 Å². The van der Waals surface area contributed by atoms with Crippen LogP contribution in [0.5, 0.6) is 0 Å². The highest BCUT2D eigenvalue weighted by Crippen LogP contribution is 2.20. The van der Waals surface area contributed by atoms with Gasteiger partial charge in [-0.2, -0.15) is 0 Å². The van der Waals surface area contributed by atoms with Crippen molar-refractivity contribution >= 4 is 32.8 Å². The van der Waals surface area contributed by atoms with Crippen molar-refractivity contribution < 1.29 is 0 Å². The van der Waals surface area contributed by atoms with Gasteiger partial charge in [0, 0.05) is 23.2 Å². The Balaban J connectivity index is 0.000000130. The van der Waals surface area contributed by atoms with E-state index in [-0.39, 0.29) is 0 Å². The van der Waals surface area contributed by atoms with E-state index in [9.17, 15) is 0 Å². The predicted molar refractivity (Wildman–Crippen MR) is 93.1 cm³/mol. The van der Waals surface area contributed by atoms with Crippen LogP contribution in [-0.4, -0.2) is 19.9 Å². The number of hydrogen-bond acceptors (Lipinski definition) is 3. The van der Waals surface area contributed by atoms with E-state index in [1.807, 2.05) is 54.7 Å². The van der Waals surface area contributed by atoms with Crippen LogP contribution >= 0.6 is 0 Å². The molecule has 0 fully saturated rings. The summed E-state index contributed by atoms with van der Waals surface area (Å²) in [7, 11) is 0. The van der Waals surface area contributed by atoms with Crippen LogP contribution < -0.4 is 0 Å². The number of fused-ring (bicyclic) bond motifs is 4. The summed E-state index contributed by atoms with van der Waals surface area (Å²) in [5, 5.41) is 2.30. The second kappa shape index (κ2) is 5.85. The molecule has 4 nitrogen and oxygen atoms in total. The molecular formula is C19H14N4. The molecule has 110 valence electrons. The maximum atomic E-state index is 4.35. The van der Waals surface area contributed by atoms with Crippen LogP contribution in [0.25, 0.3) is 32.8 Å². The molecule has 0 radical (unpaired) electrons. The van der Waals surface area contributed by atoms with Crippen LogP contribution in [0, 0.1) is 0 Å². The molecule has 0 atom stereocenters. The maximum Gasteiger partial charge on any atom is 0.0964 e. The summed E-state index contributed by atoms with van der Waals surface area (Å²) in [6.07, 6.45) is 5.39. The Labute approximate surface area is 132 Å². The predicted octanol–water partition coefficient (Wildman–Crippen LogP) is 4.35. The quantitative estimate of drug-likeness (QED) is 0.432. The molecule has 0 unspecified atom stereocenters. The van der Waals surface area contributed by atoms with Crippen molar-refractivity contribution in [3.63, 3.8) is 0 Å². The van der Waals surface area contributed by atoms with E-state index in [0.29, 0.717) is 0 Å².